The standard InChI is InChI=1S/C19H23NO5S/c1-13(2)25-17-8-5-15(6-9-17)12-20-26(22,23)18-10-7-16(11-14(18)3)19(21)24-4/h5-11,13,20H,12H2,1-4H3. The summed E-state index contributed by atoms with van der Waals surface area (Å²) in [5.41, 5.74) is 1.60. The predicted octanol–water partition coefficient (Wildman–Crippen LogP) is 3.05. The van der Waals surface area contributed by atoms with Gasteiger partial charge in [-0.25, -0.2) is 17.9 Å². The molecular formula is C19H23NO5S. The molecule has 6 nitrogen and oxygen atoms in total. The number of rotatable bonds is 7. The lowest BCUT2D eigenvalue weighted by Crippen LogP contribution is -2.24. The number of sulfonamides is 1. The van der Waals surface area contributed by atoms with Crippen LogP contribution >= 0.6 is 0 Å². The monoisotopic (exact) mass is 377 g/mol. The number of hydrogen-bond donors (Lipinski definition) is 1. The lowest BCUT2D eigenvalue weighted by atomic mass is 10.1. The molecule has 0 saturated heterocycles. The Morgan fingerprint density at radius 3 is 2.31 bits per heavy atom. The fourth-order valence-electron chi connectivity index (χ4n) is 2.41. The molecule has 0 aliphatic heterocycles. The van der Waals surface area contributed by atoms with E-state index in [1.165, 1.54) is 25.3 Å². The van der Waals surface area contributed by atoms with Crippen molar-refractivity contribution < 1.29 is 22.7 Å². The van der Waals surface area contributed by atoms with Gasteiger partial charge in [-0.1, -0.05) is 12.1 Å². The summed E-state index contributed by atoms with van der Waals surface area (Å²) in [5.74, 6) is 0.231. The van der Waals surface area contributed by atoms with Crippen molar-refractivity contribution >= 4 is 16.0 Å². The average Bonchev–Trinajstić information content (AvgIpc) is 2.59. The molecule has 0 aromatic heterocycles. The van der Waals surface area contributed by atoms with Gasteiger partial charge in [0.1, 0.15) is 5.75 Å². The Hall–Kier alpha value is -2.38. The predicted molar refractivity (Wildman–Crippen MR) is 98.8 cm³/mol. The Balaban J connectivity index is 2.10. The fraction of sp³-hybridized carbons (Fsp3) is 0.316. The van der Waals surface area contributed by atoms with Crippen molar-refractivity contribution in [2.75, 3.05) is 7.11 Å². The Morgan fingerprint density at radius 2 is 1.77 bits per heavy atom. The summed E-state index contributed by atoms with van der Waals surface area (Å²) in [7, 11) is -2.42. The van der Waals surface area contributed by atoms with Gasteiger partial charge in [0.2, 0.25) is 10.0 Å². The Morgan fingerprint density at radius 1 is 1.12 bits per heavy atom. The van der Waals surface area contributed by atoms with Gasteiger partial charge >= 0.3 is 5.97 Å². The molecule has 0 aliphatic carbocycles. The highest BCUT2D eigenvalue weighted by Gasteiger charge is 2.18. The second-order valence-corrected chi connectivity index (χ2v) is 7.84. The summed E-state index contributed by atoms with van der Waals surface area (Å²) in [5, 5.41) is 0. The van der Waals surface area contributed by atoms with Gasteiger partial charge < -0.3 is 9.47 Å². The first-order valence-electron chi connectivity index (χ1n) is 8.17. The summed E-state index contributed by atoms with van der Waals surface area (Å²) < 4.78 is 37.8. The van der Waals surface area contributed by atoms with Gasteiger partial charge in [-0.05, 0) is 62.2 Å². The smallest absolute Gasteiger partial charge is 0.337 e. The van der Waals surface area contributed by atoms with Gasteiger partial charge in [-0.3, -0.25) is 0 Å². The van der Waals surface area contributed by atoms with E-state index >= 15 is 0 Å². The van der Waals surface area contributed by atoms with Crippen molar-refractivity contribution in [1.82, 2.24) is 4.72 Å². The van der Waals surface area contributed by atoms with Crippen molar-refractivity contribution in [3.63, 3.8) is 0 Å². The van der Waals surface area contributed by atoms with Crippen LogP contribution in [0, 0.1) is 6.92 Å². The second kappa shape index (κ2) is 8.33. The van der Waals surface area contributed by atoms with Crippen LogP contribution in [0.3, 0.4) is 0 Å². The molecule has 0 atom stereocenters. The molecule has 0 saturated carbocycles. The normalized spacial score (nSPS) is 11.4. The van der Waals surface area contributed by atoms with Gasteiger partial charge in [0, 0.05) is 6.54 Å². The van der Waals surface area contributed by atoms with Crippen molar-refractivity contribution in [3.05, 3.63) is 59.2 Å². The van der Waals surface area contributed by atoms with Crippen molar-refractivity contribution in [1.29, 1.82) is 0 Å². The highest BCUT2D eigenvalue weighted by atomic mass is 32.2. The first-order valence-corrected chi connectivity index (χ1v) is 9.65. The van der Waals surface area contributed by atoms with Crippen molar-refractivity contribution in [3.8, 4) is 5.75 Å². The summed E-state index contributed by atoms with van der Waals surface area (Å²) in [6.45, 7) is 5.67. The number of ether oxygens (including phenoxy) is 2. The topological polar surface area (TPSA) is 81.7 Å². The summed E-state index contributed by atoms with van der Waals surface area (Å²) in [6.07, 6.45) is 0.0790. The summed E-state index contributed by atoms with van der Waals surface area (Å²) >= 11 is 0. The third-order valence-corrected chi connectivity index (χ3v) is 5.21. The first-order chi connectivity index (χ1) is 12.2. The zero-order valence-electron chi connectivity index (χ0n) is 15.3. The van der Waals surface area contributed by atoms with E-state index in [4.69, 9.17) is 4.74 Å². The third kappa shape index (κ3) is 5.06. The van der Waals surface area contributed by atoms with Crippen molar-refractivity contribution in [2.45, 2.75) is 38.3 Å². The zero-order valence-corrected chi connectivity index (χ0v) is 16.1. The molecule has 0 fully saturated rings. The molecule has 2 aromatic carbocycles. The van der Waals surface area contributed by atoms with Gasteiger partial charge in [0.15, 0.2) is 0 Å². The van der Waals surface area contributed by atoms with Crippen LogP contribution < -0.4 is 9.46 Å². The third-order valence-electron chi connectivity index (χ3n) is 3.65. The van der Waals surface area contributed by atoms with Gasteiger partial charge in [-0.15, -0.1) is 0 Å². The molecule has 0 spiro atoms. The second-order valence-electron chi connectivity index (χ2n) is 6.11. The molecule has 2 aromatic rings. The highest BCUT2D eigenvalue weighted by Crippen LogP contribution is 2.18. The number of nitrogens with one attached hydrogen (secondary N) is 1. The summed E-state index contributed by atoms with van der Waals surface area (Å²) in [6, 6.07) is 11.6. The highest BCUT2D eigenvalue weighted by molar-refractivity contribution is 7.89. The molecule has 26 heavy (non-hydrogen) atoms. The molecule has 0 aliphatic rings. The zero-order chi connectivity index (χ0) is 19.3. The van der Waals surface area contributed by atoms with E-state index in [2.05, 4.69) is 9.46 Å². The molecule has 0 heterocycles. The van der Waals surface area contributed by atoms with Crippen LogP contribution in [0.2, 0.25) is 0 Å². The molecule has 2 rings (SSSR count). The van der Waals surface area contributed by atoms with Crippen LogP contribution in [-0.4, -0.2) is 27.6 Å². The van der Waals surface area contributed by atoms with Crippen LogP contribution in [0.25, 0.3) is 0 Å². The molecule has 0 unspecified atom stereocenters. The van der Waals surface area contributed by atoms with E-state index in [0.29, 0.717) is 11.1 Å². The van der Waals surface area contributed by atoms with Crippen molar-refractivity contribution in [2.24, 2.45) is 0 Å². The maximum Gasteiger partial charge on any atom is 0.337 e. The lowest BCUT2D eigenvalue weighted by molar-refractivity contribution is 0.0600. The first kappa shape index (κ1) is 19.9. The number of hydrogen-bond acceptors (Lipinski definition) is 5. The van der Waals surface area contributed by atoms with Crippen LogP contribution in [0.4, 0.5) is 0 Å². The number of carbonyl (C=O) groups excluding carboxylic acids is 1. The van der Waals surface area contributed by atoms with Crippen LogP contribution in [0.5, 0.6) is 5.75 Å². The number of esters is 1. The molecule has 140 valence electrons. The Labute approximate surface area is 154 Å². The van der Waals surface area contributed by atoms with E-state index in [9.17, 15) is 13.2 Å². The van der Waals surface area contributed by atoms with E-state index in [1.807, 2.05) is 26.0 Å². The maximum absolute atomic E-state index is 12.5. The van der Waals surface area contributed by atoms with Gasteiger partial charge in [0.05, 0.1) is 23.7 Å². The molecule has 0 radical (unpaired) electrons. The van der Waals surface area contributed by atoms with Crippen LogP contribution in [0.1, 0.15) is 35.3 Å². The number of carbonyl (C=O) groups is 1. The largest absolute Gasteiger partial charge is 0.491 e. The molecule has 0 bridgehead atoms. The van der Waals surface area contributed by atoms with E-state index in [1.54, 1.807) is 19.1 Å². The van der Waals surface area contributed by atoms with Gasteiger partial charge in [-0.2, -0.15) is 0 Å². The maximum atomic E-state index is 12.5. The molecule has 1 N–H and O–H groups in total. The van der Waals surface area contributed by atoms with E-state index < -0.39 is 16.0 Å². The lowest BCUT2D eigenvalue weighted by Gasteiger charge is -2.12. The Kier molecular flexibility index (Phi) is 6.39. The summed E-state index contributed by atoms with van der Waals surface area (Å²) in [4.78, 5) is 11.7. The average molecular weight is 377 g/mol. The van der Waals surface area contributed by atoms with Gasteiger partial charge in [0.25, 0.3) is 0 Å². The van der Waals surface area contributed by atoms with E-state index in [0.717, 1.165) is 11.3 Å². The number of aryl methyl sites for hydroxylation is 1. The molecule has 0 amide bonds. The molecular weight excluding hydrogens is 354 g/mol. The quantitative estimate of drug-likeness (QED) is 0.750. The fourth-order valence-corrected chi connectivity index (χ4v) is 3.65. The minimum atomic E-state index is -3.70. The van der Waals surface area contributed by atoms with Crippen LogP contribution in [-0.2, 0) is 21.3 Å². The number of benzene rings is 2. The SMILES string of the molecule is COC(=O)c1ccc(S(=O)(=O)NCc2ccc(OC(C)C)cc2)c(C)c1. The minimum absolute atomic E-state index is 0.0790. The van der Waals surface area contributed by atoms with E-state index in [-0.39, 0.29) is 17.5 Å². The van der Waals surface area contributed by atoms with Crippen LogP contribution in [0.15, 0.2) is 47.4 Å². The minimum Gasteiger partial charge on any atom is -0.491 e. The number of methoxy groups -OCH3 is 1. The molecule has 7 heteroatoms. The Bertz CT molecular complexity index is 873.